The van der Waals surface area contributed by atoms with Crippen molar-refractivity contribution in [2.45, 2.75) is 44.8 Å². The lowest BCUT2D eigenvalue weighted by molar-refractivity contribution is -0.134. The van der Waals surface area contributed by atoms with Crippen LogP contribution in [-0.2, 0) is 11.3 Å². The highest BCUT2D eigenvalue weighted by Crippen LogP contribution is 2.30. The van der Waals surface area contributed by atoms with E-state index in [1.54, 1.807) is 12.1 Å². The highest BCUT2D eigenvalue weighted by molar-refractivity contribution is 5.82. The maximum absolute atomic E-state index is 12.9. The smallest absolute Gasteiger partial charge is 0.241 e. The van der Waals surface area contributed by atoms with Crippen LogP contribution in [0.25, 0.3) is 0 Å². The molecule has 2 aromatic rings. The van der Waals surface area contributed by atoms with E-state index in [0.29, 0.717) is 12.3 Å². The zero-order valence-electron chi connectivity index (χ0n) is 15.6. The average molecular weight is 369 g/mol. The fourth-order valence-electron chi connectivity index (χ4n) is 4.14. The molecule has 7 nitrogen and oxygen atoms in total. The van der Waals surface area contributed by atoms with Gasteiger partial charge in [-0.1, -0.05) is 18.2 Å². The average Bonchev–Trinajstić information content (AvgIpc) is 3.32. The van der Waals surface area contributed by atoms with E-state index >= 15 is 0 Å². The minimum absolute atomic E-state index is 0.0538. The van der Waals surface area contributed by atoms with Crippen LogP contribution < -0.4 is 10.9 Å². The number of carbonyl (C=O) groups is 1. The van der Waals surface area contributed by atoms with E-state index in [9.17, 15) is 9.90 Å². The highest BCUT2D eigenvalue weighted by atomic mass is 16.3. The molecular formula is C20H27N5O2. The molecule has 144 valence electrons. The molecular weight excluding hydrogens is 342 g/mol. The van der Waals surface area contributed by atoms with Gasteiger partial charge >= 0.3 is 0 Å². The Balaban J connectivity index is 1.30. The lowest BCUT2D eigenvalue weighted by atomic mass is 9.95. The van der Waals surface area contributed by atoms with Gasteiger partial charge in [0, 0.05) is 37.6 Å². The molecule has 4 rings (SSSR count). The molecule has 0 saturated carbocycles. The number of hydrogen-bond acceptors (Lipinski definition) is 5. The number of likely N-dealkylation sites (tertiary alicyclic amines) is 1. The van der Waals surface area contributed by atoms with Gasteiger partial charge in [-0.15, -0.1) is 0 Å². The number of nitrogens with zero attached hydrogens (tertiary/aromatic N) is 3. The van der Waals surface area contributed by atoms with Gasteiger partial charge in [-0.25, -0.2) is 15.8 Å². The van der Waals surface area contributed by atoms with Crippen molar-refractivity contribution in [2.75, 3.05) is 13.1 Å². The van der Waals surface area contributed by atoms with Gasteiger partial charge in [-0.05, 0) is 38.2 Å². The SMILES string of the molecule is Cc1nccn1CC1CCN(C(=O)C2CC(c3ccccc3O)NN2)CC1. The summed E-state index contributed by atoms with van der Waals surface area (Å²) >= 11 is 0. The van der Waals surface area contributed by atoms with Crippen LogP contribution in [-0.4, -0.2) is 44.6 Å². The highest BCUT2D eigenvalue weighted by Gasteiger charge is 2.35. The maximum Gasteiger partial charge on any atom is 0.241 e. The molecule has 3 heterocycles. The Bertz CT molecular complexity index is 797. The minimum atomic E-state index is -0.248. The number of nitrogens with one attached hydrogen (secondary N) is 2. The molecule has 2 aliphatic rings. The Morgan fingerprint density at radius 1 is 1.26 bits per heavy atom. The number of aromatic hydroxyl groups is 1. The number of benzene rings is 1. The molecule has 2 fully saturated rings. The van der Waals surface area contributed by atoms with E-state index in [1.807, 2.05) is 36.4 Å². The summed E-state index contributed by atoms with van der Waals surface area (Å²) in [5.41, 5.74) is 7.11. The second-order valence-electron chi connectivity index (χ2n) is 7.58. The predicted octanol–water partition coefficient (Wildman–Crippen LogP) is 1.74. The molecule has 3 N–H and O–H groups in total. The van der Waals surface area contributed by atoms with Crippen LogP contribution in [0.5, 0.6) is 5.75 Å². The van der Waals surface area contributed by atoms with Gasteiger partial charge < -0.3 is 14.6 Å². The normalized spacial score (nSPS) is 23.7. The topological polar surface area (TPSA) is 82.4 Å². The van der Waals surface area contributed by atoms with Gasteiger partial charge in [-0.3, -0.25) is 4.79 Å². The Kier molecular flexibility index (Phi) is 5.13. The number of piperidine rings is 1. The first-order chi connectivity index (χ1) is 13.1. The third kappa shape index (κ3) is 3.84. The third-order valence-electron chi connectivity index (χ3n) is 5.82. The zero-order valence-corrected chi connectivity index (χ0v) is 15.6. The predicted molar refractivity (Wildman–Crippen MR) is 102 cm³/mol. The van der Waals surface area contributed by atoms with Gasteiger partial charge in [-0.2, -0.15) is 0 Å². The molecule has 2 aliphatic heterocycles. The van der Waals surface area contributed by atoms with Crippen LogP contribution in [0.4, 0.5) is 0 Å². The van der Waals surface area contributed by atoms with Crippen LogP contribution in [0, 0.1) is 12.8 Å². The van der Waals surface area contributed by atoms with E-state index in [-0.39, 0.29) is 23.7 Å². The van der Waals surface area contributed by atoms with Crippen LogP contribution >= 0.6 is 0 Å². The van der Waals surface area contributed by atoms with E-state index in [1.165, 1.54) is 0 Å². The molecule has 27 heavy (non-hydrogen) atoms. The van der Waals surface area contributed by atoms with E-state index in [2.05, 4.69) is 20.4 Å². The lowest BCUT2D eigenvalue weighted by Gasteiger charge is -2.33. The third-order valence-corrected chi connectivity index (χ3v) is 5.82. The summed E-state index contributed by atoms with van der Waals surface area (Å²) in [5, 5.41) is 10.0. The van der Waals surface area contributed by atoms with E-state index in [0.717, 1.165) is 43.9 Å². The zero-order chi connectivity index (χ0) is 18.8. The number of aryl methyl sites for hydroxylation is 1. The van der Waals surface area contributed by atoms with Crippen molar-refractivity contribution >= 4 is 5.91 Å². The number of hydrazine groups is 1. The summed E-state index contributed by atoms with van der Waals surface area (Å²) in [6.07, 6.45) is 6.55. The number of rotatable bonds is 4. The van der Waals surface area contributed by atoms with Crippen molar-refractivity contribution in [1.29, 1.82) is 0 Å². The number of para-hydroxylation sites is 1. The molecule has 0 spiro atoms. The molecule has 1 amide bonds. The number of aromatic nitrogens is 2. The molecule has 2 unspecified atom stereocenters. The van der Waals surface area contributed by atoms with Crippen molar-refractivity contribution in [3.8, 4) is 5.75 Å². The van der Waals surface area contributed by atoms with Crippen LogP contribution in [0.3, 0.4) is 0 Å². The molecule has 2 saturated heterocycles. The van der Waals surface area contributed by atoms with Crippen molar-refractivity contribution in [3.05, 3.63) is 48.0 Å². The second kappa shape index (κ2) is 7.70. The lowest BCUT2D eigenvalue weighted by Crippen LogP contribution is -2.48. The van der Waals surface area contributed by atoms with Crippen LogP contribution in [0.1, 0.15) is 36.7 Å². The summed E-state index contributed by atoms with van der Waals surface area (Å²) < 4.78 is 2.20. The molecule has 1 aromatic carbocycles. The van der Waals surface area contributed by atoms with Gasteiger partial charge in [0.15, 0.2) is 0 Å². The monoisotopic (exact) mass is 369 g/mol. The molecule has 0 aliphatic carbocycles. The van der Waals surface area contributed by atoms with Gasteiger partial charge in [0.05, 0.1) is 6.04 Å². The summed E-state index contributed by atoms with van der Waals surface area (Å²) in [6, 6.07) is 6.98. The first kappa shape index (κ1) is 18.0. The molecule has 2 atom stereocenters. The van der Waals surface area contributed by atoms with Crippen molar-refractivity contribution in [2.24, 2.45) is 5.92 Å². The van der Waals surface area contributed by atoms with Crippen LogP contribution in [0.15, 0.2) is 36.7 Å². The number of hydrogen-bond donors (Lipinski definition) is 3. The van der Waals surface area contributed by atoms with Gasteiger partial charge in [0.25, 0.3) is 0 Å². The summed E-state index contributed by atoms with van der Waals surface area (Å²) in [5.74, 6) is 2.05. The number of carbonyl (C=O) groups excluding carboxylic acids is 1. The first-order valence-electron chi connectivity index (χ1n) is 9.67. The summed E-state index contributed by atoms with van der Waals surface area (Å²) in [4.78, 5) is 19.1. The molecule has 0 bridgehead atoms. The Hall–Kier alpha value is -2.38. The van der Waals surface area contributed by atoms with Crippen molar-refractivity contribution in [3.63, 3.8) is 0 Å². The summed E-state index contributed by atoms with van der Waals surface area (Å²) in [6.45, 7) is 4.61. The fraction of sp³-hybridized carbons (Fsp3) is 0.500. The molecule has 0 radical (unpaired) electrons. The first-order valence-corrected chi connectivity index (χ1v) is 9.67. The number of imidazole rings is 1. The van der Waals surface area contributed by atoms with Crippen molar-refractivity contribution < 1.29 is 9.90 Å². The van der Waals surface area contributed by atoms with Gasteiger partial charge in [0.2, 0.25) is 5.91 Å². The molecule has 7 heteroatoms. The second-order valence-corrected chi connectivity index (χ2v) is 7.58. The summed E-state index contributed by atoms with van der Waals surface area (Å²) in [7, 11) is 0. The number of phenolic OH excluding ortho intramolecular Hbond substituents is 1. The molecule has 1 aromatic heterocycles. The Morgan fingerprint density at radius 3 is 2.74 bits per heavy atom. The minimum Gasteiger partial charge on any atom is -0.508 e. The Labute approximate surface area is 159 Å². The number of phenols is 1. The largest absolute Gasteiger partial charge is 0.508 e. The quantitative estimate of drug-likeness (QED) is 0.765. The van der Waals surface area contributed by atoms with Gasteiger partial charge in [0.1, 0.15) is 17.6 Å². The number of amides is 1. The van der Waals surface area contributed by atoms with Crippen LogP contribution in [0.2, 0.25) is 0 Å². The Morgan fingerprint density at radius 2 is 2.04 bits per heavy atom. The van der Waals surface area contributed by atoms with Crippen molar-refractivity contribution in [1.82, 2.24) is 25.3 Å². The standard InChI is InChI=1S/C20H27N5O2/c1-14-21-8-11-25(14)13-15-6-9-24(10-7-15)20(27)18-12-17(22-23-18)16-4-2-3-5-19(16)26/h2-5,8,11,15,17-18,22-23,26H,6-7,9-10,12-13H2,1H3. The van der Waals surface area contributed by atoms with E-state index < -0.39 is 0 Å². The fourth-order valence-corrected chi connectivity index (χ4v) is 4.14. The van der Waals surface area contributed by atoms with E-state index in [4.69, 9.17) is 0 Å². The maximum atomic E-state index is 12.9.